The maximum atomic E-state index is 13.7. The molecule has 13 heteroatoms. The lowest BCUT2D eigenvalue weighted by atomic mass is 9.95. The zero-order chi connectivity index (χ0) is 34.7. The number of sulfonamides is 1. The van der Waals surface area contributed by atoms with Crippen molar-refractivity contribution in [2.45, 2.75) is 62.3 Å². The van der Waals surface area contributed by atoms with E-state index < -0.39 is 34.4 Å². The number of hydrogen-bond donors (Lipinski definition) is 4. The Balaban J connectivity index is 1.16. The lowest BCUT2D eigenvalue weighted by molar-refractivity contribution is -0.137. The average molecular weight is 702 g/mol. The summed E-state index contributed by atoms with van der Waals surface area (Å²) in [7, 11) is -4.15. The maximum absolute atomic E-state index is 13.7. The summed E-state index contributed by atoms with van der Waals surface area (Å²) in [6.07, 6.45) is 6.00. The van der Waals surface area contributed by atoms with Gasteiger partial charge in [0.2, 0.25) is 10.0 Å². The number of thiophene rings is 1. The van der Waals surface area contributed by atoms with E-state index in [0.29, 0.717) is 35.5 Å². The molecular weight excluding hydrogens is 667 g/mol. The number of carbonyl (C=O) groups excluding carboxylic acids is 2. The minimum atomic E-state index is -4.15. The van der Waals surface area contributed by atoms with Crippen LogP contribution in [0.2, 0.25) is 0 Å². The van der Waals surface area contributed by atoms with Crippen molar-refractivity contribution in [2.24, 2.45) is 0 Å². The van der Waals surface area contributed by atoms with Crippen LogP contribution >= 0.6 is 11.3 Å². The van der Waals surface area contributed by atoms with Gasteiger partial charge in [0.1, 0.15) is 11.5 Å². The lowest BCUT2D eigenvalue weighted by Gasteiger charge is -2.20. The quantitative estimate of drug-likeness (QED) is 0.135. The van der Waals surface area contributed by atoms with Crippen molar-refractivity contribution in [3.05, 3.63) is 111 Å². The molecule has 3 aromatic carbocycles. The van der Waals surface area contributed by atoms with Crippen molar-refractivity contribution in [3.63, 3.8) is 0 Å². The third-order valence-electron chi connectivity index (χ3n) is 8.69. The van der Waals surface area contributed by atoms with Gasteiger partial charge in [-0.15, -0.1) is 11.3 Å². The second-order valence-corrected chi connectivity index (χ2v) is 15.2. The average Bonchev–Trinajstić information content (AvgIpc) is 3.86. The van der Waals surface area contributed by atoms with E-state index in [9.17, 15) is 32.7 Å². The van der Waals surface area contributed by atoms with Crippen LogP contribution in [0.4, 0.5) is 10.7 Å². The molecule has 4 N–H and O–H groups in total. The number of carboxylic acids is 2. The molecule has 0 aliphatic heterocycles. The zero-order valence-corrected chi connectivity index (χ0v) is 28.1. The van der Waals surface area contributed by atoms with Crippen LogP contribution in [-0.4, -0.2) is 59.3 Å². The molecule has 11 nitrogen and oxygen atoms in total. The van der Waals surface area contributed by atoms with Gasteiger partial charge in [-0.25, -0.2) is 13.2 Å². The molecule has 2 aliphatic carbocycles. The van der Waals surface area contributed by atoms with Crippen molar-refractivity contribution in [1.29, 1.82) is 0 Å². The van der Waals surface area contributed by atoms with Gasteiger partial charge < -0.3 is 20.8 Å². The number of aryl methyl sites for hydroxylation is 3. The van der Waals surface area contributed by atoms with Crippen LogP contribution in [-0.2, 0) is 40.5 Å². The SMILES string of the molecule is O=C(O)CN(C1CC1)S(=O)(=O)c1cccc(C(=O)Nc2sc3c(c2C(=O)Nc2ccc(CCc4ccc(C(=O)O)cc4)cc2)CCCC3)c1. The fourth-order valence-corrected chi connectivity index (χ4v) is 8.92. The molecule has 1 saturated carbocycles. The first-order valence-electron chi connectivity index (χ1n) is 16.0. The number of hydrogen-bond acceptors (Lipinski definition) is 7. The summed E-state index contributed by atoms with van der Waals surface area (Å²) in [5.74, 6) is -3.15. The standard InChI is InChI=1S/C36H35N3O8S2/c40-31(41)21-39(27-18-19-27)49(46,47)28-5-3-4-25(20-28)33(42)38-35-32(29-6-1-2-7-30(29)48-35)34(43)37-26-16-12-23(13-17-26)9-8-22-10-14-24(15-11-22)36(44)45/h3-5,10-17,20,27H,1-2,6-9,18-19,21H2,(H,37,43)(H,38,42)(H,40,41)(H,44,45). The predicted molar refractivity (Wildman–Crippen MR) is 185 cm³/mol. The van der Waals surface area contributed by atoms with E-state index in [2.05, 4.69) is 10.6 Å². The van der Waals surface area contributed by atoms with Crippen LogP contribution in [0.25, 0.3) is 0 Å². The van der Waals surface area contributed by atoms with Gasteiger partial charge in [-0.05, 0) is 111 Å². The first kappa shape index (κ1) is 34.0. The monoisotopic (exact) mass is 701 g/mol. The summed E-state index contributed by atoms with van der Waals surface area (Å²) in [5.41, 5.74) is 4.27. The fourth-order valence-electron chi connectivity index (χ4n) is 5.96. The largest absolute Gasteiger partial charge is 0.480 e. The van der Waals surface area contributed by atoms with E-state index in [1.165, 1.54) is 35.6 Å². The molecule has 0 atom stereocenters. The number of aromatic carboxylic acids is 1. The molecule has 0 unspecified atom stereocenters. The fraction of sp³-hybridized carbons (Fsp3) is 0.278. The highest BCUT2D eigenvalue weighted by Crippen LogP contribution is 2.39. The van der Waals surface area contributed by atoms with Crippen molar-refractivity contribution < 1.29 is 37.8 Å². The minimum Gasteiger partial charge on any atom is -0.480 e. The Bertz CT molecular complexity index is 2020. The Morgan fingerprint density at radius 3 is 2.08 bits per heavy atom. The summed E-state index contributed by atoms with van der Waals surface area (Å²) in [6, 6.07) is 19.4. The summed E-state index contributed by atoms with van der Waals surface area (Å²) in [6.45, 7) is -0.657. The van der Waals surface area contributed by atoms with Gasteiger partial charge in [0.05, 0.1) is 16.0 Å². The van der Waals surface area contributed by atoms with Crippen LogP contribution in [0, 0.1) is 0 Å². The number of anilines is 2. The number of nitrogens with one attached hydrogen (secondary N) is 2. The normalized spacial score (nSPS) is 14.2. The van der Waals surface area contributed by atoms with Crippen LogP contribution in [0.1, 0.15) is 78.3 Å². The van der Waals surface area contributed by atoms with Crippen molar-refractivity contribution in [2.75, 3.05) is 17.2 Å². The number of carboxylic acid groups (broad SMARTS) is 2. The van der Waals surface area contributed by atoms with Gasteiger partial charge in [-0.3, -0.25) is 14.4 Å². The number of benzene rings is 3. The Morgan fingerprint density at radius 2 is 1.45 bits per heavy atom. The number of carbonyl (C=O) groups is 4. The Kier molecular flexibility index (Phi) is 9.95. The van der Waals surface area contributed by atoms with E-state index in [1.54, 1.807) is 24.3 Å². The summed E-state index contributed by atoms with van der Waals surface area (Å²) < 4.78 is 27.7. The molecule has 2 amide bonds. The van der Waals surface area contributed by atoms with Crippen molar-refractivity contribution in [1.82, 2.24) is 4.31 Å². The lowest BCUT2D eigenvalue weighted by Crippen LogP contribution is -2.37. The van der Waals surface area contributed by atoms with Crippen molar-refractivity contribution >= 4 is 55.8 Å². The summed E-state index contributed by atoms with van der Waals surface area (Å²) in [5, 5.41) is 24.6. The van der Waals surface area contributed by atoms with E-state index in [4.69, 9.17) is 5.11 Å². The number of rotatable bonds is 13. The highest BCUT2D eigenvalue weighted by atomic mass is 32.2. The number of aliphatic carboxylic acids is 1. The number of fused-ring (bicyclic) bond motifs is 1. The van der Waals surface area contributed by atoms with Crippen LogP contribution in [0.5, 0.6) is 0 Å². The molecule has 0 spiro atoms. The Labute approximate surface area is 287 Å². The second-order valence-electron chi connectivity index (χ2n) is 12.2. The van der Waals surface area contributed by atoms with Gasteiger partial charge in [-0.1, -0.05) is 30.3 Å². The number of amides is 2. The highest BCUT2D eigenvalue weighted by molar-refractivity contribution is 7.89. The smallest absolute Gasteiger partial charge is 0.335 e. The molecule has 1 aromatic heterocycles. The minimum absolute atomic E-state index is 0.0679. The molecule has 1 fully saturated rings. The topological polar surface area (TPSA) is 170 Å². The van der Waals surface area contributed by atoms with Gasteiger partial charge >= 0.3 is 11.9 Å². The molecule has 49 heavy (non-hydrogen) atoms. The highest BCUT2D eigenvalue weighted by Gasteiger charge is 2.39. The number of nitrogens with zero attached hydrogens (tertiary/aromatic N) is 1. The molecule has 0 bridgehead atoms. The van der Waals surface area contributed by atoms with Gasteiger partial charge in [0.25, 0.3) is 11.8 Å². The summed E-state index contributed by atoms with van der Waals surface area (Å²) >= 11 is 1.35. The summed E-state index contributed by atoms with van der Waals surface area (Å²) in [4.78, 5) is 50.6. The molecule has 4 aromatic rings. The molecule has 254 valence electrons. The third-order valence-corrected chi connectivity index (χ3v) is 11.8. The van der Waals surface area contributed by atoms with Crippen LogP contribution < -0.4 is 10.6 Å². The van der Waals surface area contributed by atoms with Crippen molar-refractivity contribution in [3.8, 4) is 0 Å². The molecule has 0 radical (unpaired) electrons. The third kappa shape index (κ3) is 7.90. The van der Waals surface area contributed by atoms with Crippen LogP contribution in [0.15, 0.2) is 77.7 Å². The molecular formula is C36H35N3O8S2. The van der Waals surface area contributed by atoms with E-state index in [0.717, 1.165) is 58.0 Å². The predicted octanol–water partition coefficient (Wildman–Crippen LogP) is 5.85. The maximum Gasteiger partial charge on any atom is 0.335 e. The first-order valence-corrected chi connectivity index (χ1v) is 18.3. The van der Waals surface area contributed by atoms with Gasteiger partial charge in [0.15, 0.2) is 0 Å². The zero-order valence-electron chi connectivity index (χ0n) is 26.5. The molecule has 0 saturated heterocycles. The van der Waals surface area contributed by atoms with Crippen LogP contribution in [0.3, 0.4) is 0 Å². The van der Waals surface area contributed by atoms with Gasteiger partial charge in [-0.2, -0.15) is 4.31 Å². The second kappa shape index (κ2) is 14.3. The molecule has 1 heterocycles. The van der Waals surface area contributed by atoms with E-state index in [-0.39, 0.29) is 28.0 Å². The Morgan fingerprint density at radius 1 is 0.796 bits per heavy atom. The van der Waals surface area contributed by atoms with E-state index in [1.807, 2.05) is 24.3 Å². The first-order chi connectivity index (χ1) is 23.5. The molecule has 2 aliphatic rings. The Hall–Kier alpha value is -4.85. The van der Waals surface area contributed by atoms with E-state index >= 15 is 0 Å². The van der Waals surface area contributed by atoms with Gasteiger partial charge in [0, 0.05) is 22.2 Å². The molecule has 6 rings (SSSR count).